The largest absolute Gasteiger partial charge is 0.379 e. The lowest BCUT2D eigenvalue weighted by Gasteiger charge is -2.16. The van der Waals surface area contributed by atoms with Crippen LogP contribution in [0.2, 0.25) is 0 Å². The average molecular weight is 273 g/mol. The van der Waals surface area contributed by atoms with E-state index in [2.05, 4.69) is 19.2 Å². The quantitative estimate of drug-likeness (QED) is 0.851. The summed E-state index contributed by atoms with van der Waals surface area (Å²) < 4.78 is 5.55. The minimum atomic E-state index is -0.587. The van der Waals surface area contributed by atoms with E-state index in [0.29, 0.717) is 0 Å². The number of rotatable bonds is 4. The number of allylic oxidation sites excluding steroid dienone is 1. The highest BCUT2D eigenvalue weighted by Gasteiger charge is 2.75. The Morgan fingerprint density at radius 1 is 1.25 bits per heavy atom. The van der Waals surface area contributed by atoms with Crippen molar-refractivity contribution in [3.05, 3.63) is 42.0 Å². The summed E-state index contributed by atoms with van der Waals surface area (Å²) in [5.41, 5.74) is 1.16. The van der Waals surface area contributed by atoms with Crippen LogP contribution in [0.4, 0.5) is 5.69 Å². The summed E-state index contributed by atoms with van der Waals surface area (Å²) in [5, 5.41) is 3.01. The molecule has 2 rings (SSSR count). The summed E-state index contributed by atoms with van der Waals surface area (Å²) in [6.45, 7) is 8.17. The van der Waals surface area contributed by atoms with E-state index in [9.17, 15) is 4.79 Å². The van der Waals surface area contributed by atoms with E-state index in [4.69, 9.17) is 4.74 Å². The van der Waals surface area contributed by atoms with E-state index in [1.54, 1.807) is 7.11 Å². The molecule has 2 unspecified atom stereocenters. The number of ether oxygens (including phenoxy) is 1. The molecule has 20 heavy (non-hydrogen) atoms. The van der Waals surface area contributed by atoms with Crippen LogP contribution in [0.15, 0.2) is 42.0 Å². The fraction of sp³-hybridized carbons (Fsp3) is 0.471. The Labute approximate surface area is 121 Å². The average Bonchev–Trinajstić information content (AvgIpc) is 2.85. The van der Waals surface area contributed by atoms with Crippen molar-refractivity contribution in [2.75, 3.05) is 12.4 Å². The van der Waals surface area contributed by atoms with Crippen LogP contribution >= 0.6 is 0 Å². The number of anilines is 1. The number of hydrogen-bond acceptors (Lipinski definition) is 2. The maximum atomic E-state index is 12.8. The standard InChI is InChI=1S/C17H23NO2/c1-12(2)11-17(14(20-5)16(17,3)4)15(19)18-13-9-7-6-8-10-13/h6-11,14H,1-5H3,(H,18,19). The summed E-state index contributed by atoms with van der Waals surface area (Å²) in [6.07, 6.45) is 1.95. The van der Waals surface area contributed by atoms with E-state index < -0.39 is 5.41 Å². The van der Waals surface area contributed by atoms with E-state index in [1.807, 2.05) is 50.3 Å². The first-order valence-corrected chi connectivity index (χ1v) is 6.91. The Bertz CT molecular complexity index is 529. The van der Waals surface area contributed by atoms with Gasteiger partial charge in [0.2, 0.25) is 5.91 Å². The minimum Gasteiger partial charge on any atom is -0.379 e. The van der Waals surface area contributed by atoms with Gasteiger partial charge in [-0.15, -0.1) is 0 Å². The highest BCUT2D eigenvalue weighted by atomic mass is 16.5. The molecule has 1 aliphatic carbocycles. The predicted octanol–water partition coefficient (Wildman–Crippen LogP) is 3.63. The summed E-state index contributed by atoms with van der Waals surface area (Å²) in [4.78, 5) is 12.8. The van der Waals surface area contributed by atoms with E-state index in [0.717, 1.165) is 11.3 Å². The zero-order chi connectivity index (χ0) is 15.0. The molecular formula is C17H23NO2. The molecule has 0 spiro atoms. The van der Waals surface area contributed by atoms with Crippen LogP contribution in [-0.4, -0.2) is 19.1 Å². The summed E-state index contributed by atoms with van der Waals surface area (Å²) in [6, 6.07) is 9.54. The summed E-state index contributed by atoms with van der Waals surface area (Å²) in [7, 11) is 1.67. The second-order valence-electron chi connectivity index (χ2n) is 6.25. The third kappa shape index (κ3) is 2.16. The van der Waals surface area contributed by atoms with Crippen LogP contribution in [0.3, 0.4) is 0 Å². The second-order valence-corrected chi connectivity index (χ2v) is 6.25. The lowest BCUT2D eigenvalue weighted by molar-refractivity contribution is -0.121. The summed E-state index contributed by atoms with van der Waals surface area (Å²) in [5.74, 6) is 0.00162. The van der Waals surface area contributed by atoms with Crippen molar-refractivity contribution in [2.45, 2.75) is 33.8 Å². The molecule has 1 aromatic rings. The molecule has 1 fully saturated rings. The molecule has 0 radical (unpaired) electrons. The Balaban J connectivity index is 2.31. The van der Waals surface area contributed by atoms with Gasteiger partial charge in [-0.05, 0) is 26.0 Å². The Morgan fingerprint density at radius 3 is 2.30 bits per heavy atom. The van der Waals surface area contributed by atoms with Gasteiger partial charge in [0.25, 0.3) is 0 Å². The van der Waals surface area contributed by atoms with Crippen LogP contribution in [0.5, 0.6) is 0 Å². The molecule has 0 heterocycles. The lowest BCUT2D eigenvalue weighted by atomic mass is 9.92. The highest BCUT2D eigenvalue weighted by molar-refractivity contribution is 6.01. The van der Waals surface area contributed by atoms with Gasteiger partial charge in [-0.25, -0.2) is 0 Å². The number of amides is 1. The van der Waals surface area contributed by atoms with Gasteiger partial charge in [0.1, 0.15) is 5.41 Å². The molecule has 108 valence electrons. The van der Waals surface area contributed by atoms with Gasteiger partial charge in [-0.1, -0.05) is 43.7 Å². The third-order valence-corrected chi connectivity index (χ3v) is 4.21. The third-order valence-electron chi connectivity index (χ3n) is 4.21. The van der Waals surface area contributed by atoms with Gasteiger partial charge < -0.3 is 10.1 Å². The minimum absolute atomic E-state index is 0.00162. The van der Waals surface area contributed by atoms with Crippen molar-refractivity contribution in [2.24, 2.45) is 10.8 Å². The Hall–Kier alpha value is -1.61. The maximum Gasteiger partial charge on any atom is 0.237 e. The van der Waals surface area contributed by atoms with Crippen molar-refractivity contribution in [1.29, 1.82) is 0 Å². The number of carbonyl (C=O) groups excluding carboxylic acids is 1. The predicted molar refractivity (Wildman–Crippen MR) is 81.5 cm³/mol. The van der Waals surface area contributed by atoms with Gasteiger partial charge in [0, 0.05) is 18.2 Å². The number of benzene rings is 1. The normalized spacial score (nSPS) is 26.8. The zero-order valence-electron chi connectivity index (χ0n) is 12.9. The number of para-hydroxylation sites is 1. The first kappa shape index (κ1) is 14.8. The number of hydrogen-bond donors (Lipinski definition) is 1. The first-order chi connectivity index (χ1) is 9.36. The Morgan fingerprint density at radius 2 is 1.85 bits per heavy atom. The monoisotopic (exact) mass is 273 g/mol. The number of nitrogens with one attached hydrogen (secondary N) is 1. The van der Waals surface area contributed by atoms with E-state index in [-0.39, 0.29) is 17.4 Å². The molecule has 3 nitrogen and oxygen atoms in total. The summed E-state index contributed by atoms with van der Waals surface area (Å²) >= 11 is 0. The van der Waals surface area contributed by atoms with Crippen molar-refractivity contribution in [1.82, 2.24) is 0 Å². The van der Waals surface area contributed by atoms with Crippen molar-refractivity contribution < 1.29 is 9.53 Å². The molecular weight excluding hydrogens is 250 g/mol. The van der Waals surface area contributed by atoms with Gasteiger partial charge in [0.15, 0.2) is 0 Å². The van der Waals surface area contributed by atoms with Gasteiger partial charge in [-0.2, -0.15) is 0 Å². The van der Waals surface area contributed by atoms with Crippen molar-refractivity contribution in [3.8, 4) is 0 Å². The molecule has 2 atom stereocenters. The molecule has 1 aromatic carbocycles. The van der Waals surface area contributed by atoms with Crippen LogP contribution < -0.4 is 5.32 Å². The molecule has 0 bridgehead atoms. The molecule has 0 saturated heterocycles. The van der Waals surface area contributed by atoms with Crippen molar-refractivity contribution in [3.63, 3.8) is 0 Å². The van der Waals surface area contributed by atoms with Gasteiger partial charge in [-0.3, -0.25) is 4.79 Å². The van der Waals surface area contributed by atoms with Crippen LogP contribution in [0.25, 0.3) is 0 Å². The zero-order valence-corrected chi connectivity index (χ0v) is 12.9. The lowest BCUT2D eigenvalue weighted by Crippen LogP contribution is -2.28. The Kier molecular flexibility index (Phi) is 3.74. The molecule has 1 amide bonds. The smallest absolute Gasteiger partial charge is 0.237 e. The molecule has 0 aromatic heterocycles. The topological polar surface area (TPSA) is 38.3 Å². The van der Waals surface area contributed by atoms with Crippen LogP contribution in [-0.2, 0) is 9.53 Å². The maximum absolute atomic E-state index is 12.8. The number of carbonyl (C=O) groups is 1. The fourth-order valence-electron chi connectivity index (χ4n) is 3.18. The highest BCUT2D eigenvalue weighted by Crippen LogP contribution is 2.66. The van der Waals surface area contributed by atoms with Crippen LogP contribution in [0.1, 0.15) is 27.7 Å². The van der Waals surface area contributed by atoms with Gasteiger partial charge in [0.05, 0.1) is 6.10 Å². The van der Waals surface area contributed by atoms with Gasteiger partial charge >= 0.3 is 0 Å². The van der Waals surface area contributed by atoms with Crippen LogP contribution in [0, 0.1) is 10.8 Å². The molecule has 3 heteroatoms. The van der Waals surface area contributed by atoms with E-state index >= 15 is 0 Å². The molecule has 1 N–H and O–H groups in total. The molecule has 1 saturated carbocycles. The first-order valence-electron chi connectivity index (χ1n) is 6.91. The van der Waals surface area contributed by atoms with Crippen molar-refractivity contribution >= 4 is 11.6 Å². The molecule has 0 aliphatic heterocycles. The molecule has 1 aliphatic rings. The van der Waals surface area contributed by atoms with E-state index in [1.165, 1.54) is 0 Å². The second kappa shape index (κ2) is 5.06. The SMILES string of the molecule is COC1C(C)(C)C1(C=C(C)C)C(=O)Nc1ccccc1. The number of methoxy groups -OCH3 is 1. The fourth-order valence-corrected chi connectivity index (χ4v) is 3.18.